The molecule has 0 aliphatic carbocycles. The van der Waals surface area contributed by atoms with Gasteiger partial charge in [0.05, 0.1) is 6.04 Å². The Morgan fingerprint density at radius 1 is 1.18 bits per heavy atom. The van der Waals surface area contributed by atoms with E-state index in [4.69, 9.17) is 0 Å². The molecule has 5 atom stereocenters. The van der Waals surface area contributed by atoms with Crippen LogP contribution in [0.4, 0.5) is 4.79 Å². The first-order valence-electron chi connectivity index (χ1n) is 11.2. The Labute approximate surface area is 171 Å². The molecule has 0 aromatic carbocycles. The molecule has 2 amide bonds. The third kappa shape index (κ3) is 5.17. The number of hydrogen-bond donors (Lipinski definition) is 2. The maximum atomic E-state index is 13.2. The van der Waals surface area contributed by atoms with Crippen LogP contribution in [0, 0.1) is 0 Å². The highest BCUT2D eigenvalue weighted by Crippen LogP contribution is 2.32. The third-order valence-electron chi connectivity index (χ3n) is 6.22. The summed E-state index contributed by atoms with van der Waals surface area (Å²) in [4.78, 5) is 31.0. The standard InChI is InChI=1S/C19H36N4O3.C2H6/c1-6-13(5)23-16-11-10-15(18(24)25)20-17(16)22(19(23)26)12-14(7-2)21(8-3)9-4;1-2/h13-17,20H,6-12H2,1-5H3,(H,24,25);1-2H3. The highest BCUT2D eigenvalue weighted by atomic mass is 16.4. The molecule has 0 aromatic rings. The fourth-order valence-corrected chi connectivity index (χ4v) is 4.46. The van der Waals surface area contributed by atoms with Crippen molar-refractivity contribution in [3.63, 3.8) is 0 Å². The van der Waals surface area contributed by atoms with Gasteiger partial charge in [-0.15, -0.1) is 0 Å². The Kier molecular flexibility index (Phi) is 10.2. The van der Waals surface area contributed by atoms with Crippen LogP contribution < -0.4 is 5.32 Å². The molecule has 2 heterocycles. The zero-order valence-electron chi connectivity index (χ0n) is 18.9. The van der Waals surface area contributed by atoms with E-state index in [9.17, 15) is 14.7 Å². The van der Waals surface area contributed by atoms with Crippen LogP contribution in [0.25, 0.3) is 0 Å². The molecule has 7 nitrogen and oxygen atoms in total. The van der Waals surface area contributed by atoms with Gasteiger partial charge < -0.3 is 14.9 Å². The summed E-state index contributed by atoms with van der Waals surface area (Å²) < 4.78 is 0. The summed E-state index contributed by atoms with van der Waals surface area (Å²) in [6.45, 7) is 17.2. The van der Waals surface area contributed by atoms with Gasteiger partial charge in [-0.2, -0.15) is 0 Å². The Hall–Kier alpha value is -1.34. The van der Waals surface area contributed by atoms with Crippen molar-refractivity contribution in [2.24, 2.45) is 0 Å². The van der Waals surface area contributed by atoms with Gasteiger partial charge >= 0.3 is 12.0 Å². The molecule has 2 saturated heterocycles. The SMILES string of the molecule is CC.CCC(CN1C(=O)N(C(C)CC)C2CCC(C(=O)O)NC21)N(CC)CC. The van der Waals surface area contributed by atoms with Gasteiger partial charge in [-0.25, -0.2) is 4.79 Å². The largest absolute Gasteiger partial charge is 0.480 e. The van der Waals surface area contributed by atoms with Crippen molar-refractivity contribution in [2.45, 2.75) is 104 Å². The molecule has 2 fully saturated rings. The lowest BCUT2D eigenvalue weighted by molar-refractivity contribution is -0.141. The number of carbonyl (C=O) groups excluding carboxylic acids is 1. The minimum atomic E-state index is -0.825. The number of carboxylic acids is 1. The summed E-state index contributed by atoms with van der Waals surface area (Å²) in [5.74, 6) is -0.825. The predicted octanol–water partition coefficient (Wildman–Crippen LogP) is 3.20. The van der Waals surface area contributed by atoms with Gasteiger partial charge in [-0.05, 0) is 45.7 Å². The van der Waals surface area contributed by atoms with Crippen molar-refractivity contribution in [3.05, 3.63) is 0 Å². The number of nitrogens with zero attached hydrogens (tertiary/aromatic N) is 3. The van der Waals surface area contributed by atoms with Crippen LogP contribution in [0.3, 0.4) is 0 Å². The second kappa shape index (κ2) is 11.6. The van der Waals surface area contributed by atoms with Crippen LogP contribution in [-0.4, -0.2) is 81.8 Å². The number of rotatable bonds is 9. The maximum Gasteiger partial charge on any atom is 0.322 e. The fraction of sp³-hybridized carbons (Fsp3) is 0.905. The summed E-state index contributed by atoms with van der Waals surface area (Å²) >= 11 is 0. The quantitative estimate of drug-likeness (QED) is 0.624. The molecule has 5 unspecified atom stereocenters. The lowest BCUT2D eigenvalue weighted by Gasteiger charge is -2.39. The van der Waals surface area contributed by atoms with E-state index in [0.717, 1.165) is 32.4 Å². The van der Waals surface area contributed by atoms with Gasteiger partial charge in [0.25, 0.3) is 0 Å². The molecule has 2 N–H and O–H groups in total. The minimum absolute atomic E-state index is 0.0542. The average molecular weight is 399 g/mol. The zero-order valence-corrected chi connectivity index (χ0v) is 18.9. The van der Waals surface area contributed by atoms with Crippen molar-refractivity contribution in [1.29, 1.82) is 0 Å². The Morgan fingerprint density at radius 2 is 1.79 bits per heavy atom. The van der Waals surface area contributed by atoms with Crippen LogP contribution in [-0.2, 0) is 4.79 Å². The molecule has 0 spiro atoms. The number of carboxylic acid groups (broad SMARTS) is 1. The number of urea groups is 1. The van der Waals surface area contributed by atoms with E-state index in [1.807, 2.05) is 23.6 Å². The normalized spacial score (nSPS) is 26.6. The Morgan fingerprint density at radius 3 is 2.25 bits per heavy atom. The number of fused-ring (bicyclic) bond motifs is 1. The molecule has 28 heavy (non-hydrogen) atoms. The molecule has 0 aromatic heterocycles. The lowest BCUT2D eigenvalue weighted by atomic mass is 9.96. The van der Waals surface area contributed by atoms with E-state index >= 15 is 0 Å². The summed E-state index contributed by atoms with van der Waals surface area (Å²) in [6, 6.07) is -0.00656. The number of amides is 2. The monoisotopic (exact) mass is 398 g/mol. The minimum Gasteiger partial charge on any atom is -0.480 e. The van der Waals surface area contributed by atoms with Crippen molar-refractivity contribution >= 4 is 12.0 Å². The van der Waals surface area contributed by atoms with E-state index in [-0.39, 0.29) is 24.3 Å². The molecule has 0 saturated carbocycles. The van der Waals surface area contributed by atoms with Gasteiger partial charge in [0.2, 0.25) is 0 Å². The number of hydrogen-bond acceptors (Lipinski definition) is 4. The fourth-order valence-electron chi connectivity index (χ4n) is 4.46. The zero-order chi connectivity index (χ0) is 21.4. The predicted molar refractivity (Wildman–Crippen MR) is 113 cm³/mol. The van der Waals surface area contributed by atoms with Gasteiger partial charge in [0.15, 0.2) is 0 Å². The van der Waals surface area contributed by atoms with Gasteiger partial charge in [0, 0.05) is 18.6 Å². The van der Waals surface area contributed by atoms with Crippen LogP contribution >= 0.6 is 0 Å². The van der Waals surface area contributed by atoms with Crippen molar-refractivity contribution in [3.8, 4) is 0 Å². The summed E-state index contributed by atoms with van der Waals surface area (Å²) in [5, 5.41) is 12.7. The highest BCUT2D eigenvalue weighted by molar-refractivity contribution is 5.79. The number of piperidine rings is 1. The van der Waals surface area contributed by atoms with Crippen LogP contribution in [0.1, 0.15) is 74.1 Å². The molecule has 0 bridgehead atoms. The molecule has 2 aliphatic heterocycles. The highest BCUT2D eigenvalue weighted by Gasteiger charge is 2.51. The number of nitrogens with one attached hydrogen (secondary N) is 1. The van der Waals surface area contributed by atoms with Crippen molar-refractivity contribution in [1.82, 2.24) is 20.0 Å². The van der Waals surface area contributed by atoms with Crippen LogP contribution in [0.5, 0.6) is 0 Å². The van der Waals surface area contributed by atoms with Crippen molar-refractivity contribution in [2.75, 3.05) is 19.6 Å². The topological polar surface area (TPSA) is 76.1 Å². The molecule has 7 heteroatoms. The first kappa shape index (κ1) is 24.7. The molecule has 2 aliphatic rings. The van der Waals surface area contributed by atoms with Crippen molar-refractivity contribution < 1.29 is 14.7 Å². The molecule has 0 radical (unpaired) electrons. The van der Waals surface area contributed by atoms with Crippen LogP contribution in [0.15, 0.2) is 0 Å². The first-order valence-corrected chi connectivity index (χ1v) is 11.2. The summed E-state index contributed by atoms with van der Waals surface area (Å²) in [7, 11) is 0. The number of likely N-dealkylation sites (N-methyl/N-ethyl adjacent to an activating group) is 1. The third-order valence-corrected chi connectivity index (χ3v) is 6.22. The van der Waals surface area contributed by atoms with E-state index in [1.165, 1.54) is 0 Å². The van der Waals surface area contributed by atoms with Gasteiger partial charge in [0.1, 0.15) is 12.2 Å². The Balaban J connectivity index is 0.00000190. The van der Waals surface area contributed by atoms with E-state index < -0.39 is 12.0 Å². The Bertz CT molecular complexity index is 498. The summed E-state index contributed by atoms with van der Waals surface area (Å²) in [6.07, 6.45) is 2.96. The van der Waals surface area contributed by atoms with E-state index in [0.29, 0.717) is 19.0 Å². The number of aliphatic carboxylic acids is 1. The summed E-state index contributed by atoms with van der Waals surface area (Å²) in [5.41, 5.74) is 0. The number of carbonyl (C=O) groups is 2. The second-order valence-electron chi connectivity index (χ2n) is 7.53. The first-order chi connectivity index (χ1) is 13.4. The molecule has 2 rings (SSSR count). The molecule has 164 valence electrons. The van der Waals surface area contributed by atoms with E-state index in [1.54, 1.807) is 0 Å². The maximum absolute atomic E-state index is 13.2. The smallest absolute Gasteiger partial charge is 0.322 e. The molecular weight excluding hydrogens is 356 g/mol. The lowest BCUT2D eigenvalue weighted by Crippen LogP contribution is -2.60. The second-order valence-corrected chi connectivity index (χ2v) is 7.53. The van der Waals surface area contributed by atoms with E-state index in [2.05, 4.69) is 44.8 Å². The van der Waals surface area contributed by atoms with Gasteiger partial charge in [-0.1, -0.05) is 41.5 Å². The van der Waals surface area contributed by atoms with Gasteiger partial charge in [-0.3, -0.25) is 15.0 Å². The molecular formula is C21H42N4O3. The van der Waals surface area contributed by atoms with Crippen LogP contribution in [0.2, 0.25) is 0 Å². The average Bonchev–Trinajstić information content (AvgIpc) is 2.99.